The molecule has 0 saturated heterocycles. The Hall–Kier alpha value is -1.50. The molecule has 3 nitrogen and oxygen atoms in total. The van der Waals surface area contributed by atoms with Crippen molar-refractivity contribution in [2.24, 2.45) is 5.92 Å². The molecule has 0 aliphatic carbocycles. The fourth-order valence-electron chi connectivity index (χ4n) is 1.79. The number of nitrogens with one attached hydrogen (secondary N) is 1. The van der Waals surface area contributed by atoms with E-state index in [0.717, 1.165) is 5.75 Å². The maximum Gasteiger partial charge on any atom is 0.148 e. The van der Waals surface area contributed by atoms with Crippen LogP contribution in [0.2, 0.25) is 0 Å². The Morgan fingerprint density at radius 2 is 1.89 bits per heavy atom. The molecule has 0 spiro atoms. The summed E-state index contributed by atoms with van der Waals surface area (Å²) in [6.45, 7) is 6.71. The third kappa shape index (κ3) is 4.94. The van der Waals surface area contributed by atoms with Crippen molar-refractivity contribution in [3.8, 4) is 18.1 Å². The van der Waals surface area contributed by atoms with Gasteiger partial charge in [-0.05, 0) is 37.5 Å². The second-order valence-corrected chi connectivity index (χ2v) is 4.90. The van der Waals surface area contributed by atoms with Crippen LogP contribution in [0.25, 0.3) is 0 Å². The number of benzene rings is 1. The first-order valence-corrected chi connectivity index (χ1v) is 6.61. The van der Waals surface area contributed by atoms with E-state index in [1.54, 1.807) is 0 Å². The van der Waals surface area contributed by atoms with E-state index in [4.69, 9.17) is 16.3 Å². The lowest BCUT2D eigenvalue weighted by Gasteiger charge is -2.24. The topological polar surface area (TPSA) is 41.5 Å². The van der Waals surface area contributed by atoms with E-state index < -0.39 is 0 Å². The van der Waals surface area contributed by atoms with Gasteiger partial charge in [0.2, 0.25) is 0 Å². The summed E-state index contributed by atoms with van der Waals surface area (Å²) >= 11 is 0. The van der Waals surface area contributed by atoms with E-state index in [1.807, 2.05) is 31.2 Å². The second-order valence-electron chi connectivity index (χ2n) is 4.90. The molecule has 104 valence electrons. The first-order chi connectivity index (χ1) is 9.08. The van der Waals surface area contributed by atoms with Gasteiger partial charge in [0.05, 0.1) is 0 Å². The molecule has 0 saturated carbocycles. The van der Waals surface area contributed by atoms with Crippen LogP contribution in [-0.4, -0.2) is 24.4 Å². The van der Waals surface area contributed by atoms with Crippen LogP contribution >= 0.6 is 0 Å². The maximum absolute atomic E-state index is 9.13. The normalized spacial score (nSPS) is 15.3. The molecule has 3 atom stereocenters. The number of hydrogen-bond acceptors (Lipinski definition) is 3. The highest BCUT2D eigenvalue weighted by atomic mass is 16.5. The summed E-state index contributed by atoms with van der Waals surface area (Å²) in [5.74, 6) is 3.46. The zero-order chi connectivity index (χ0) is 14.3. The largest absolute Gasteiger partial charge is 0.481 e. The molecule has 3 unspecified atom stereocenters. The van der Waals surface area contributed by atoms with Gasteiger partial charge in [-0.25, -0.2) is 0 Å². The quantitative estimate of drug-likeness (QED) is 0.740. The number of aliphatic hydroxyl groups excluding tert-OH is 1. The average Bonchev–Trinajstić information content (AvgIpc) is 2.44. The number of terminal acetylenes is 1. The van der Waals surface area contributed by atoms with Crippen molar-refractivity contribution in [3.63, 3.8) is 0 Å². The van der Waals surface area contributed by atoms with Crippen LogP contribution in [0.3, 0.4) is 0 Å². The van der Waals surface area contributed by atoms with Crippen molar-refractivity contribution < 1.29 is 9.84 Å². The van der Waals surface area contributed by atoms with Crippen molar-refractivity contribution in [1.29, 1.82) is 0 Å². The Balaban J connectivity index is 2.57. The van der Waals surface area contributed by atoms with Crippen molar-refractivity contribution in [2.45, 2.75) is 32.9 Å². The summed E-state index contributed by atoms with van der Waals surface area (Å²) < 4.78 is 5.34. The van der Waals surface area contributed by atoms with Crippen molar-refractivity contribution in [2.75, 3.05) is 13.2 Å². The van der Waals surface area contributed by atoms with Gasteiger partial charge in [0.1, 0.15) is 12.4 Å². The van der Waals surface area contributed by atoms with Gasteiger partial charge < -0.3 is 15.2 Å². The molecule has 0 bridgehead atoms. The minimum Gasteiger partial charge on any atom is -0.481 e. The lowest BCUT2D eigenvalue weighted by Crippen LogP contribution is -2.35. The summed E-state index contributed by atoms with van der Waals surface area (Å²) in [6.07, 6.45) is 5.15. The molecule has 0 aliphatic rings. The van der Waals surface area contributed by atoms with Crippen molar-refractivity contribution in [1.82, 2.24) is 5.32 Å². The molecular formula is C16H23NO2. The third-order valence-electron chi connectivity index (χ3n) is 3.36. The predicted molar refractivity (Wildman–Crippen MR) is 78.0 cm³/mol. The highest BCUT2D eigenvalue weighted by Gasteiger charge is 2.14. The Bertz CT molecular complexity index is 408. The third-order valence-corrected chi connectivity index (χ3v) is 3.36. The average molecular weight is 261 g/mol. The summed E-state index contributed by atoms with van der Waals surface area (Å²) in [5, 5.41) is 12.6. The summed E-state index contributed by atoms with van der Waals surface area (Å²) in [5.41, 5.74) is 1.19. The Kier molecular flexibility index (Phi) is 6.41. The molecule has 3 heteroatoms. The second kappa shape index (κ2) is 7.83. The summed E-state index contributed by atoms with van der Waals surface area (Å²) in [6, 6.07) is 8.39. The fourth-order valence-corrected chi connectivity index (χ4v) is 1.79. The first-order valence-electron chi connectivity index (χ1n) is 6.61. The van der Waals surface area contributed by atoms with E-state index in [2.05, 4.69) is 25.1 Å². The van der Waals surface area contributed by atoms with Gasteiger partial charge in [0, 0.05) is 18.7 Å². The molecule has 1 aromatic carbocycles. The SMILES string of the molecule is C#CCOc1ccc(C(C)NC(C)C(C)CO)cc1. The Morgan fingerprint density at radius 1 is 1.26 bits per heavy atom. The maximum atomic E-state index is 9.13. The van der Waals surface area contributed by atoms with E-state index >= 15 is 0 Å². The Morgan fingerprint density at radius 3 is 2.42 bits per heavy atom. The Labute approximate surface area is 116 Å². The van der Waals surface area contributed by atoms with Crippen LogP contribution in [0.1, 0.15) is 32.4 Å². The van der Waals surface area contributed by atoms with Crippen LogP contribution < -0.4 is 10.1 Å². The number of ether oxygens (including phenoxy) is 1. The smallest absolute Gasteiger partial charge is 0.148 e. The fraction of sp³-hybridized carbons (Fsp3) is 0.500. The molecule has 19 heavy (non-hydrogen) atoms. The van der Waals surface area contributed by atoms with Gasteiger partial charge in [0.25, 0.3) is 0 Å². The number of rotatable bonds is 7. The lowest BCUT2D eigenvalue weighted by atomic mass is 10.0. The number of aliphatic hydroxyl groups is 1. The van der Waals surface area contributed by atoms with Gasteiger partial charge >= 0.3 is 0 Å². The van der Waals surface area contributed by atoms with E-state index in [0.29, 0.717) is 0 Å². The van der Waals surface area contributed by atoms with E-state index in [9.17, 15) is 0 Å². The van der Waals surface area contributed by atoms with Crippen molar-refractivity contribution in [3.05, 3.63) is 29.8 Å². The van der Waals surface area contributed by atoms with Crippen LogP contribution in [-0.2, 0) is 0 Å². The van der Waals surface area contributed by atoms with Crippen LogP contribution in [0.4, 0.5) is 0 Å². The van der Waals surface area contributed by atoms with Gasteiger partial charge in [-0.15, -0.1) is 6.42 Å². The highest BCUT2D eigenvalue weighted by Crippen LogP contribution is 2.19. The van der Waals surface area contributed by atoms with E-state index in [-0.39, 0.29) is 31.2 Å². The van der Waals surface area contributed by atoms with Crippen LogP contribution in [0.15, 0.2) is 24.3 Å². The summed E-state index contributed by atoms with van der Waals surface area (Å²) in [4.78, 5) is 0. The highest BCUT2D eigenvalue weighted by molar-refractivity contribution is 5.29. The predicted octanol–water partition coefficient (Wildman–Crippen LogP) is 2.37. The molecule has 0 heterocycles. The minimum absolute atomic E-state index is 0.194. The minimum atomic E-state index is 0.194. The monoisotopic (exact) mass is 261 g/mol. The molecule has 0 fully saturated rings. The summed E-state index contributed by atoms with van der Waals surface area (Å²) in [7, 11) is 0. The number of hydrogen-bond donors (Lipinski definition) is 2. The molecule has 1 aromatic rings. The zero-order valence-corrected chi connectivity index (χ0v) is 11.9. The van der Waals surface area contributed by atoms with Crippen LogP contribution in [0.5, 0.6) is 5.75 Å². The lowest BCUT2D eigenvalue weighted by molar-refractivity contribution is 0.202. The molecule has 0 aromatic heterocycles. The van der Waals surface area contributed by atoms with Crippen LogP contribution in [0, 0.1) is 18.3 Å². The molecule has 0 amide bonds. The van der Waals surface area contributed by atoms with Gasteiger partial charge in [-0.1, -0.05) is 25.0 Å². The van der Waals surface area contributed by atoms with Gasteiger partial charge in [-0.3, -0.25) is 0 Å². The molecule has 2 N–H and O–H groups in total. The van der Waals surface area contributed by atoms with Gasteiger partial charge in [0.15, 0.2) is 0 Å². The molecule has 0 aliphatic heterocycles. The van der Waals surface area contributed by atoms with Crippen molar-refractivity contribution >= 4 is 0 Å². The zero-order valence-electron chi connectivity index (χ0n) is 11.9. The first kappa shape index (κ1) is 15.6. The standard InChI is InChI=1S/C16H23NO2/c1-5-10-19-16-8-6-15(7-9-16)14(4)17-13(3)12(2)11-18/h1,6-9,12-14,17-18H,10-11H2,2-4H3. The molecular weight excluding hydrogens is 238 g/mol. The molecule has 0 radical (unpaired) electrons. The molecule has 1 rings (SSSR count). The van der Waals surface area contributed by atoms with E-state index in [1.165, 1.54) is 5.56 Å². The van der Waals surface area contributed by atoms with Gasteiger partial charge in [-0.2, -0.15) is 0 Å².